The fourth-order valence-corrected chi connectivity index (χ4v) is 3.34. The van der Waals surface area contributed by atoms with Crippen LogP contribution < -0.4 is 0 Å². The Balaban J connectivity index is 1.59. The van der Waals surface area contributed by atoms with Gasteiger partial charge in [-0.3, -0.25) is 0 Å². The second-order valence-corrected chi connectivity index (χ2v) is 6.93. The van der Waals surface area contributed by atoms with Crippen LogP contribution in [0.2, 0.25) is 0 Å². The number of H-pyrrole nitrogens is 1. The van der Waals surface area contributed by atoms with E-state index in [0.29, 0.717) is 0 Å². The summed E-state index contributed by atoms with van der Waals surface area (Å²) in [5.41, 5.74) is 4.19. The molecule has 7 heteroatoms. The van der Waals surface area contributed by atoms with Gasteiger partial charge in [0.2, 0.25) is 0 Å². The summed E-state index contributed by atoms with van der Waals surface area (Å²) in [6.45, 7) is 0.766. The highest BCUT2D eigenvalue weighted by molar-refractivity contribution is 7.80. The van der Waals surface area contributed by atoms with Crippen LogP contribution in [0.15, 0.2) is 67.0 Å². The van der Waals surface area contributed by atoms with E-state index in [4.69, 9.17) is 17.6 Å². The van der Waals surface area contributed by atoms with E-state index >= 15 is 0 Å². The summed E-state index contributed by atoms with van der Waals surface area (Å²) in [5.74, 6) is 0.882. The zero-order valence-electron chi connectivity index (χ0n) is 14.7. The molecule has 2 aromatic carbocycles. The average Bonchev–Trinajstić information content (AvgIpc) is 3.39. The number of hydrogen-bond donors (Lipinski definition) is 2. The van der Waals surface area contributed by atoms with Crippen molar-refractivity contribution in [2.45, 2.75) is 24.6 Å². The first-order valence-electron chi connectivity index (χ1n) is 8.91. The first-order chi connectivity index (χ1) is 13.3. The van der Waals surface area contributed by atoms with Crippen LogP contribution in [0.25, 0.3) is 22.5 Å². The second kappa shape index (κ2) is 8.18. The minimum Gasteiger partial charge on any atom is -0.341 e. The predicted molar refractivity (Wildman–Crippen MR) is 108 cm³/mol. The highest BCUT2D eigenvalue weighted by Crippen LogP contribution is 2.33. The Morgan fingerprint density at radius 2 is 1.67 bits per heavy atom. The summed E-state index contributed by atoms with van der Waals surface area (Å²) in [7, 11) is 0. The fourth-order valence-electron chi connectivity index (χ4n) is 3.03. The van der Waals surface area contributed by atoms with Gasteiger partial charge in [0.25, 0.3) is 0 Å². The molecule has 0 amide bonds. The number of rotatable bonds is 7. The lowest BCUT2D eigenvalue weighted by Gasteiger charge is -2.07. The van der Waals surface area contributed by atoms with Crippen molar-refractivity contribution in [3.05, 3.63) is 72.8 Å². The number of aromatic amines is 1. The van der Waals surface area contributed by atoms with E-state index < -0.39 is 0 Å². The maximum absolute atomic E-state index is 4.89. The molecule has 0 bridgehead atoms. The number of aromatic nitrogens is 6. The van der Waals surface area contributed by atoms with Gasteiger partial charge in [0, 0.05) is 17.7 Å². The van der Waals surface area contributed by atoms with Gasteiger partial charge in [-0.25, -0.2) is 9.67 Å². The van der Waals surface area contributed by atoms with Gasteiger partial charge >= 0.3 is 0 Å². The number of aryl methyl sites for hydroxylation is 1. The normalized spacial score (nSPS) is 12.2. The molecule has 0 spiro atoms. The molecule has 2 aromatic heterocycles. The first-order valence-corrected chi connectivity index (χ1v) is 9.42. The summed E-state index contributed by atoms with van der Waals surface area (Å²) in [6, 6.07) is 20.5. The molecule has 1 N–H and O–H groups in total. The summed E-state index contributed by atoms with van der Waals surface area (Å²) < 4.78 is 1.73. The van der Waals surface area contributed by atoms with Crippen LogP contribution in [0.4, 0.5) is 0 Å². The van der Waals surface area contributed by atoms with Crippen LogP contribution in [0.1, 0.15) is 23.9 Å². The van der Waals surface area contributed by atoms with Gasteiger partial charge in [0.05, 0.1) is 16.6 Å². The van der Waals surface area contributed by atoms with Crippen LogP contribution in [-0.4, -0.2) is 30.2 Å². The molecule has 2 heterocycles. The van der Waals surface area contributed by atoms with E-state index in [9.17, 15) is 0 Å². The molecule has 1 unspecified atom stereocenters. The van der Waals surface area contributed by atoms with Crippen molar-refractivity contribution in [3.63, 3.8) is 0 Å². The van der Waals surface area contributed by atoms with Gasteiger partial charge in [-0.2, -0.15) is 12.6 Å². The van der Waals surface area contributed by atoms with Gasteiger partial charge in [0.1, 0.15) is 12.2 Å². The van der Waals surface area contributed by atoms with E-state index in [1.165, 1.54) is 0 Å². The monoisotopic (exact) mass is 376 g/mol. The molecule has 136 valence electrons. The molecule has 1 atom stereocenters. The zero-order chi connectivity index (χ0) is 18.5. The molecule has 0 aliphatic rings. The molecule has 0 radical (unpaired) electrons. The van der Waals surface area contributed by atoms with Crippen molar-refractivity contribution >= 4 is 12.6 Å². The van der Waals surface area contributed by atoms with Gasteiger partial charge < -0.3 is 4.98 Å². The van der Waals surface area contributed by atoms with E-state index in [-0.39, 0.29) is 5.25 Å². The van der Waals surface area contributed by atoms with Crippen LogP contribution in [0, 0.1) is 0 Å². The number of imidazole rings is 1. The molecule has 27 heavy (non-hydrogen) atoms. The summed E-state index contributed by atoms with van der Waals surface area (Å²) >= 11 is 4.78. The highest BCUT2D eigenvalue weighted by Gasteiger charge is 2.18. The van der Waals surface area contributed by atoms with E-state index in [1.807, 2.05) is 36.4 Å². The summed E-state index contributed by atoms with van der Waals surface area (Å²) in [4.78, 5) is 8.40. The summed E-state index contributed by atoms with van der Waals surface area (Å²) in [5, 5.41) is 11.2. The lowest BCUT2D eigenvalue weighted by atomic mass is 10.1. The van der Waals surface area contributed by atoms with E-state index in [2.05, 4.69) is 44.8 Å². The van der Waals surface area contributed by atoms with Gasteiger partial charge in [-0.1, -0.05) is 60.7 Å². The standard InChI is InChI=1S/C20H20N6S/c27-17(12-7-13-26-14-21-24-25-26)20-22-18(15-8-3-1-4-9-15)19(23-20)16-10-5-2-6-11-16/h1-6,8-11,14,17,27H,7,12-13H2,(H,22,23). The third-order valence-electron chi connectivity index (χ3n) is 4.40. The lowest BCUT2D eigenvalue weighted by molar-refractivity contribution is 0.535. The Labute approximate surface area is 163 Å². The van der Waals surface area contributed by atoms with Crippen LogP contribution in [-0.2, 0) is 6.54 Å². The fraction of sp³-hybridized carbons (Fsp3) is 0.200. The largest absolute Gasteiger partial charge is 0.341 e. The van der Waals surface area contributed by atoms with Gasteiger partial charge in [-0.05, 0) is 23.3 Å². The van der Waals surface area contributed by atoms with Crippen molar-refractivity contribution in [1.29, 1.82) is 0 Å². The molecule has 4 rings (SSSR count). The third-order valence-corrected chi connectivity index (χ3v) is 4.91. The quantitative estimate of drug-likeness (QED) is 0.475. The van der Waals surface area contributed by atoms with Crippen LogP contribution in [0.3, 0.4) is 0 Å². The maximum atomic E-state index is 4.89. The SMILES string of the molecule is SC(CCCn1cnnn1)c1nc(-c2ccccc2)c(-c2ccccc2)[nH]1. The second-order valence-electron chi connectivity index (χ2n) is 6.31. The number of hydrogen-bond acceptors (Lipinski definition) is 5. The molecule has 6 nitrogen and oxygen atoms in total. The number of thiol groups is 1. The number of nitrogens with one attached hydrogen (secondary N) is 1. The Hall–Kier alpha value is -2.93. The third kappa shape index (κ3) is 4.09. The number of tetrazole rings is 1. The molecule has 0 saturated carbocycles. The van der Waals surface area contributed by atoms with E-state index in [1.54, 1.807) is 11.0 Å². The molecule has 4 aromatic rings. The van der Waals surface area contributed by atoms with Crippen LogP contribution >= 0.6 is 12.6 Å². The molecule has 0 aliphatic heterocycles. The minimum absolute atomic E-state index is 0.0152. The van der Waals surface area contributed by atoms with Gasteiger partial charge in [0.15, 0.2) is 0 Å². The number of benzene rings is 2. The van der Waals surface area contributed by atoms with Crippen LogP contribution in [0.5, 0.6) is 0 Å². The lowest BCUT2D eigenvalue weighted by Crippen LogP contribution is -2.01. The average molecular weight is 376 g/mol. The molecular formula is C20H20N6S. The smallest absolute Gasteiger partial charge is 0.138 e. The zero-order valence-corrected chi connectivity index (χ0v) is 15.6. The Bertz CT molecular complexity index is 909. The van der Waals surface area contributed by atoms with E-state index in [0.717, 1.165) is 47.7 Å². The van der Waals surface area contributed by atoms with Crippen molar-refractivity contribution < 1.29 is 0 Å². The Morgan fingerprint density at radius 1 is 0.963 bits per heavy atom. The predicted octanol–water partition coefficient (Wildman–Crippen LogP) is 4.18. The summed E-state index contributed by atoms with van der Waals surface area (Å²) in [6.07, 6.45) is 3.42. The maximum Gasteiger partial charge on any atom is 0.138 e. The van der Waals surface area contributed by atoms with Crippen molar-refractivity contribution in [3.8, 4) is 22.5 Å². The topological polar surface area (TPSA) is 72.3 Å². The molecule has 0 fully saturated rings. The van der Waals surface area contributed by atoms with Crippen molar-refractivity contribution in [2.24, 2.45) is 0 Å². The molecular weight excluding hydrogens is 356 g/mol. The van der Waals surface area contributed by atoms with Crippen molar-refractivity contribution in [1.82, 2.24) is 30.2 Å². The minimum atomic E-state index is 0.0152. The molecule has 0 saturated heterocycles. The van der Waals surface area contributed by atoms with Crippen molar-refractivity contribution in [2.75, 3.05) is 0 Å². The highest BCUT2D eigenvalue weighted by atomic mass is 32.1. The first kappa shape index (κ1) is 17.5. The van der Waals surface area contributed by atoms with Gasteiger partial charge in [-0.15, -0.1) is 5.10 Å². The molecule has 0 aliphatic carbocycles. The Kier molecular flexibility index (Phi) is 5.29. The number of nitrogens with zero attached hydrogens (tertiary/aromatic N) is 5. The Morgan fingerprint density at radius 3 is 2.33 bits per heavy atom.